The first-order chi connectivity index (χ1) is 20.5. The second-order valence-electron chi connectivity index (χ2n) is 11.2. The first kappa shape index (κ1) is 32.5. The Morgan fingerprint density at radius 2 is 1.72 bits per heavy atom. The van der Waals surface area contributed by atoms with Crippen molar-refractivity contribution in [1.29, 1.82) is 0 Å². The number of amides is 2. The van der Waals surface area contributed by atoms with Crippen LogP contribution in [-0.4, -0.2) is 67.7 Å². The van der Waals surface area contributed by atoms with Crippen LogP contribution in [0.25, 0.3) is 0 Å². The van der Waals surface area contributed by atoms with Gasteiger partial charge in [-0.1, -0.05) is 74.0 Å². The Balaban J connectivity index is 1.54. The lowest BCUT2D eigenvalue weighted by Crippen LogP contribution is -2.53. The van der Waals surface area contributed by atoms with Crippen molar-refractivity contribution < 1.29 is 27.9 Å². The van der Waals surface area contributed by atoms with Crippen LogP contribution in [0.15, 0.2) is 83.8 Å². The Bertz CT molecular complexity index is 1500. The van der Waals surface area contributed by atoms with Gasteiger partial charge in [-0.2, -0.15) is 16.9 Å². The summed E-state index contributed by atoms with van der Waals surface area (Å²) in [5, 5.41) is 14.3. The minimum atomic E-state index is -3.93. The molecule has 1 saturated heterocycles. The number of hydrogen-bond acceptors (Lipinski definition) is 7. The summed E-state index contributed by atoms with van der Waals surface area (Å²) < 4.78 is 34.0. The maximum absolute atomic E-state index is 13.6. The van der Waals surface area contributed by atoms with E-state index in [-0.39, 0.29) is 36.9 Å². The Morgan fingerprint density at radius 1 is 1.05 bits per heavy atom. The van der Waals surface area contributed by atoms with Crippen LogP contribution in [0.5, 0.6) is 0 Å². The van der Waals surface area contributed by atoms with Crippen molar-refractivity contribution >= 4 is 40.3 Å². The first-order valence-electron chi connectivity index (χ1n) is 14.2. The van der Waals surface area contributed by atoms with Crippen molar-refractivity contribution in [2.75, 3.05) is 24.5 Å². The third kappa shape index (κ3) is 8.38. The van der Waals surface area contributed by atoms with Crippen LogP contribution in [-0.2, 0) is 31.7 Å². The second kappa shape index (κ2) is 14.4. The number of aliphatic hydroxyl groups is 1. The first-order valence-corrected chi connectivity index (χ1v) is 16.3. The molecule has 1 heterocycles. The van der Waals surface area contributed by atoms with Gasteiger partial charge in [0.15, 0.2) is 6.10 Å². The number of benzene rings is 3. The van der Waals surface area contributed by atoms with Gasteiger partial charge in [0.25, 0.3) is 5.91 Å². The lowest BCUT2D eigenvalue weighted by Gasteiger charge is -2.31. The summed E-state index contributed by atoms with van der Waals surface area (Å²) in [5.74, 6) is -0.0924. The predicted octanol–water partition coefficient (Wildman–Crippen LogP) is 4.19. The maximum Gasteiger partial charge on any atom is 0.415 e. The van der Waals surface area contributed by atoms with E-state index in [0.29, 0.717) is 11.4 Å². The molecule has 2 amide bonds. The van der Waals surface area contributed by atoms with Crippen molar-refractivity contribution in [3.63, 3.8) is 0 Å². The molecule has 3 atom stereocenters. The highest BCUT2D eigenvalue weighted by atomic mass is 32.2. The quantitative estimate of drug-likeness (QED) is 0.246. The molecule has 0 bridgehead atoms. The topological polar surface area (TPSA) is 116 Å². The van der Waals surface area contributed by atoms with Crippen LogP contribution in [0.2, 0.25) is 0 Å². The third-order valence-corrected chi connectivity index (χ3v) is 9.43. The van der Waals surface area contributed by atoms with E-state index in [1.54, 1.807) is 36.4 Å². The molecule has 1 fully saturated rings. The molecule has 0 spiro atoms. The molecule has 0 aromatic heterocycles. The number of aryl methyl sites for hydroxylation is 1. The Hall–Kier alpha value is -3.38. The molecule has 3 aromatic rings. The number of carbonyl (C=O) groups is 2. The third-order valence-electron chi connectivity index (χ3n) is 7.22. The molecule has 3 aromatic carbocycles. The van der Waals surface area contributed by atoms with E-state index >= 15 is 0 Å². The molecule has 0 aliphatic carbocycles. The van der Waals surface area contributed by atoms with Gasteiger partial charge in [0, 0.05) is 24.5 Å². The highest BCUT2D eigenvalue weighted by Gasteiger charge is 2.39. The number of rotatable bonds is 13. The van der Waals surface area contributed by atoms with Crippen LogP contribution < -0.4 is 10.2 Å². The average Bonchev–Trinajstić information content (AvgIpc) is 3.38. The van der Waals surface area contributed by atoms with Gasteiger partial charge in [-0.15, -0.1) is 0 Å². The highest BCUT2D eigenvalue weighted by Crippen LogP contribution is 2.24. The van der Waals surface area contributed by atoms with Crippen molar-refractivity contribution in [3.05, 3.63) is 95.6 Å². The maximum atomic E-state index is 13.6. The lowest BCUT2D eigenvalue weighted by atomic mass is 10.0. The number of cyclic esters (lactones) is 1. The summed E-state index contributed by atoms with van der Waals surface area (Å²) in [4.78, 5) is 27.7. The van der Waals surface area contributed by atoms with Gasteiger partial charge >= 0.3 is 6.09 Å². The highest BCUT2D eigenvalue weighted by molar-refractivity contribution is 7.89. The molecule has 11 heteroatoms. The smallest absolute Gasteiger partial charge is 0.415 e. The van der Waals surface area contributed by atoms with Gasteiger partial charge in [-0.3, -0.25) is 9.69 Å². The summed E-state index contributed by atoms with van der Waals surface area (Å²) in [6, 6.07) is 22.3. The summed E-state index contributed by atoms with van der Waals surface area (Å²) >= 11 is 4.29. The number of aliphatic hydroxyl groups excluding tert-OH is 1. The monoisotopic (exact) mass is 625 g/mol. The molecule has 0 radical (unpaired) electrons. The average molecular weight is 626 g/mol. The number of nitrogens with zero attached hydrogens (tertiary/aromatic N) is 2. The largest absolute Gasteiger partial charge is 0.434 e. The SMILES string of the molecule is Cc1ccc(S(=O)(=O)N(CC(C)C)C[C@@H](O)[C@H](Cc2ccccc2)NC(=O)[C@@H]2CN(c3cccc(CS)c3)C(=O)O2)cc1. The molecule has 43 heavy (non-hydrogen) atoms. The van der Waals surface area contributed by atoms with Gasteiger partial charge in [-0.25, -0.2) is 13.2 Å². The van der Waals surface area contributed by atoms with Crippen LogP contribution in [0.3, 0.4) is 0 Å². The fourth-order valence-electron chi connectivity index (χ4n) is 4.93. The van der Waals surface area contributed by atoms with Gasteiger partial charge in [-0.05, 0) is 54.7 Å². The molecular weight excluding hydrogens is 587 g/mol. The molecule has 1 aliphatic heterocycles. The molecular formula is C32H39N3O6S2. The molecule has 0 unspecified atom stereocenters. The summed E-state index contributed by atoms with van der Waals surface area (Å²) in [7, 11) is -3.93. The predicted molar refractivity (Wildman–Crippen MR) is 170 cm³/mol. The number of nitrogens with one attached hydrogen (secondary N) is 1. The zero-order valence-electron chi connectivity index (χ0n) is 24.6. The van der Waals surface area contributed by atoms with E-state index < -0.39 is 40.3 Å². The molecule has 0 saturated carbocycles. The zero-order chi connectivity index (χ0) is 31.1. The van der Waals surface area contributed by atoms with E-state index in [4.69, 9.17) is 4.74 Å². The van der Waals surface area contributed by atoms with E-state index in [2.05, 4.69) is 17.9 Å². The number of thiol groups is 1. The fraction of sp³-hybridized carbons (Fsp3) is 0.375. The molecule has 4 rings (SSSR count). The van der Waals surface area contributed by atoms with Gasteiger partial charge < -0.3 is 15.2 Å². The normalized spacial score (nSPS) is 16.8. The summed E-state index contributed by atoms with van der Waals surface area (Å²) in [6.07, 6.45) is -2.78. The fourth-order valence-corrected chi connectivity index (χ4v) is 6.75. The van der Waals surface area contributed by atoms with Crippen LogP contribution in [0, 0.1) is 12.8 Å². The minimum Gasteiger partial charge on any atom is -0.434 e. The van der Waals surface area contributed by atoms with Crippen molar-refractivity contribution in [2.24, 2.45) is 5.92 Å². The van der Waals surface area contributed by atoms with E-state index in [9.17, 15) is 23.1 Å². The number of sulfonamides is 1. The van der Waals surface area contributed by atoms with E-state index in [0.717, 1.165) is 16.7 Å². The van der Waals surface area contributed by atoms with Crippen molar-refractivity contribution in [3.8, 4) is 0 Å². The van der Waals surface area contributed by atoms with Crippen molar-refractivity contribution in [2.45, 2.75) is 56.1 Å². The summed E-state index contributed by atoms with van der Waals surface area (Å²) in [6.45, 7) is 5.62. The minimum absolute atomic E-state index is 0.00385. The van der Waals surface area contributed by atoms with Gasteiger partial charge in [0.1, 0.15) is 0 Å². The van der Waals surface area contributed by atoms with Crippen LogP contribution in [0.4, 0.5) is 10.5 Å². The lowest BCUT2D eigenvalue weighted by molar-refractivity contribution is -0.129. The molecule has 2 N–H and O–H groups in total. The van der Waals surface area contributed by atoms with Crippen molar-refractivity contribution in [1.82, 2.24) is 9.62 Å². The number of carbonyl (C=O) groups excluding carboxylic acids is 2. The standard InChI is InChI=1S/C32H39N3O6S2/c1-22(2)18-34(43(39,40)27-14-12-23(3)13-15-27)19-29(36)28(17-24-8-5-4-6-9-24)33-31(37)30-20-35(32(38)41-30)26-11-7-10-25(16-26)21-42/h4-16,22,28-30,36,42H,17-21H2,1-3H3,(H,33,37)/t28-,29+,30-/m0/s1. The molecule has 9 nitrogen and oxygen atoms in total. The second-order valence-corrected chi connectivity index (χ2v) is 13.5. The Kier molecular flexibility index (Phi) is 10.9. The van der Waals surface area contributed by atoms with Crippen LogP contribution >= 0.6 is 12.6 Å². The van der Waals surface area contributed by atoms with Gasteiger partial charge in [0.05, 0.1) is 23.6 Å². The Morgan fingerprint density at radius 3 is 2.37 bits per heavy atom. The zero-order valence-corrected chi connectivity index (χ0v) is 26.3. The number of hydrogen-bond donors (Lipinski definition) is 3. The molecule has 230 valence electrons. The van der Waals surface area contributed by atoms with E-state index in [1.165, 1.54) is 9.21 Å². The number of anilines is 1. The van der Waals surface area contributed by atoms with Gasteiger partial charge in [0.2, 0.25) is 10.0 Å². The van der Waals surface area contributed by atoms with E-state index in [1.807, 2.05) is 63.2 Å². The van der Waals surface area contributed by atoms with Crippen LogP contribution in [0.1, 0.15) is 30.5 Å². The Labute approximate surface area is 259 Å². The number of ether oxygens (including phenoxy) is 1. The molecule has 1 aliphatic rings. The summed E-state index contributed by atoms with van der Waals surface area (Å²) in [5.41, 5.74) is 3.29.